The van der Waals surface area contributed by atoms with Crippen molar-refractivity contribution in [2.24, 2.45) is 0 Å². The quantitative estimate of drug-likeness (QED) is 0.716. The molecule has 2 saturated heterocycles. The molecule has 6 nitrogen and oxygen atoms in total. The summed E-state index contributed by atoms with van der Waals surface area (Å²) in [4.78, 5) is 27.0. The third-order valence-electron chi connectivity index (χ3n) is 6.93. The third kappa shape index (κ3) is 4.54. The van der Waals surface area contributed by atoms with Crippen molar-refractivity contribution in [2.45, 2.75) is 62.9 Å². The van der Waals surface area contributed by atoms with E-state index < -0.39 is 5.54 Å². The van der Waals surface area contributed by atoms with E-state index in [1.807, 2.05) is 29.2 Å². The molecule has 0 radical (unpaired) electrons. The zero-order chi connectivity index (χ0) is 21.8. The van der Waals surface area contributed by atoms with Crippen LogP contribution in [-0.4, -0.2) is 53.7 Å². The number of rotatable bonds is 7. The second kappa shape index (κ2) is 9.27. The van der Waals surface area contributed by atoms with Gasteiger partial charge in [0.1, 0.15) is 5.75 Å². The second-order valence-corrected chi connectivity index (χ2v) is 8.90. The van der Waals surface area contributed by atoms with Gasteiger partial charge >= 0.3 is 0 Å². The summed E-state index contributed by atoms with van der Waals surface area (Å²) in [6.07, 6.45) is 5.79. The lowest BCUT2D eigenvalue weighted by Crippen LogP contribution is -2.48. The highest BCUT2D eigenvalue weighted by Gasteiger charge is 2.39. The van der Waals surface area contributed by atoms with E-state index in [1.54, 1.807) is 7.11 Å². The van der Waals surface area contributed by atoms with E-state index >= 15 is 0 Å². The molecule has 0 aromatic heterocycles. The highest BCUT2D eigenvalue weighted by Crippen LogP contribution is 2.35. The fourth-order valence-electron chi connectivity index (χ4n) is 5.22. The summed E-state index contributed by atoms with van der Waals surface area (Å²) in [6, 6.07) is 12.1. The lowest BCUT2D eigenvalue weighted by Gasteiger charge is -2.36. The first kappa shape index (κ1) is 21.6. The number of fused-ring (bicyclic) bond motifs is 1. The standard InChI is InChI=1S/C25H32N2O4/c1-31-22-10-9-18(20-7-2-3-8-21(20)22)16-25(13-11-23(29)26-25)14-12-24(30)27-15-5-4-6-19(27)17-28/h2-3,7-10,19,28H,4-6,11-17H2,1H3,(H,26,29)/t19-,25+/m0/s1. The van der Waals surface area contributed by atoms with Crippen LogP contribution in [0.25, 0.3) is 10.8 Å². The van der Waals surface area contributed by atoms with Gasteiger partial charge in [-0.25, -0.2) is 0 Å². The number of benzene rings is 2. The Morgan fingerprint density at radius 3 is 2.74 bits per heavy atom. The molecule has 2 aromatic carbocycles. The van der Waals surface area contributed by atoms with Crippen molar-refractivity contribution in [3.8, 4) is 5.75 Å². The number of amides is 2. The summed E-state index contributed by atoms with van der Waals surface area (Å²) in [5.41, 5.74) is 0.728. The van der Waals surface area contributed by atoms with E-state index in [9.17, 15) is 14.7 Å². The van der Waals surface area contributed by atoms with Crippen molar-refractivity contribution < 1.29 is 19.4 Å². The molecule has 2 fully saturated rings. The number of hydrogen-bond acceptors (Lipinski definition) is 4. The van der Waals surface area contributed by atoms with Crippen molar-refractivity contribution in [1.29, 1.82) is 0 Å². The Hall–Kier alpha value is -2.60. The Morgan fingerprint density at radius 2 is 2.03 bits per heavy atom. The lowest BCUT2D eigenvalue weighted by atomic mass is 9.83. The highest BCUT2D eigenvalue weighted by molar-refractivity contribution is 5.91. The smallest absolute Gasteiger partial charge is 0.222 e. The molecule has 0 bridgehead atoms. The van der Waals surface area contributed by atoms with Gasteiger partial charge < -0.3 is 20.1 Å². The number of hydrogen-bond donors (Lipinski definition) is 2. The molecule has 2 heterocycles. The predicted octanol–water partition coefficient (Wildman–Crippen LogP) is 3.19. The Kier molecular flexibility index (Phi) is 6.46. The van der Waals surface area contributed by atoms with Crippen LogP contribution in [-0.2, 0) is 16.0 Å². The number of likely N-dealkylation sites (tertiary alicyclic amines) is 1. The van der Waals surface area contributed by atoms with Crippen molar-refractivity contribution in [1.82, 2.24) is 10.2 Å². The molecule has 166 valence electrons. The first-order valence-corrected chi connectivity index (χ1v) is 11.3. The molecule has 0 saturated carbocycles. The van der Waals surface area contributed by atoms with E-state index in [2.05, 4.69) is 17.4 Å². The number of nitrogens with one attached hydrogen (secondary N) is 1. The summed E-state index contributed by atoms with van der Waals surface area (Å²) < 4.78 is 5.52. The van der Waals surface area contributed by atoms with Crippen LogP contribution in [0.5, 0.6) is 5.75 Å². The van der Waals surface area contributed by atoms with Crippen molar-refractivity contribution in [3.63, 3.8) is 0 Å². The number of carbonyl (C=O) groups is 2. The molecule has 2 amide bonds. The molecule has 2 aromatic rings. The van der Waals surface area contributed by atoms with E-state index in [1.165, 1.54) is 0 Å². The van der Waals surface area contributed by atoms with Gasteiger partial charge in [0.15, 0.2) is 0 Å². The molecule has 31 heavy (non-hydrogen) atoms. The number of piperidine rings is 1. The summed E-state index contributed by atoms with van der Waals surface area (Å²) in [7, 11) is 1.67. The van der Waals surface area contributed by atoms with Gasteiger partial charge in [-0.2, -0.15) is 0 Å². The molecule has 4 rings (SSSR count). The molecular weight excluding hydrogens is 392 g/mol. The molecule has 0 aliphatic carbocycles. The first-order chi connectivity index (χ1) is 15.0. The molecule has 2 aliphatic heterocycles. The summed E-state index contributed by atoms with van der Waals surface area (Å²) >= 11 is 0. The number of ether oxygens (including phenoxy) is 1. The maximum atomic E-state index is 13.0. The van der Waals surface area contributed by atoms with Gasteiger partial charge in [0.25, 0.3) is 0 Å². The maximum Gasteiger partial charge on any atom is 0.222 e. The molecule has 6 heteroatoms. The van der Waals surface area contributed by atoms with Crippen LogP contribution >= 0.6 is 0 Å². The topological polar surface area (TPSA) is 78.9 Å². The Morgan fingerprint density at radius 1 is 1.23 bits per heavy atom. The molecule has 2 aliphatic rings. The minimum Gasteiger partial charge on any atom is -0.496 e. The number of methoxy groups -OCH3 is 1. The fourth-order valence-corrected chi connectivity index (χ4v) is 5.22. The van der Waals surface area contributed by atoms with E-state index in [-0.39, 0.29) is 24.5 Å². The fraction of sp³-hybridized carbons (Fsp3) is 0.520. The van der Waals surface area contributed by atoms with Crippen LogP contribution in [0.2, 0.25) is 0 Å². The molecule has 0 unspecified atom stereocenters. The Bertz CT molecular complexity index is 960. The van der Waals surface area contributed by atoms with Crippen molar-refractivity contribution >= 4 is 22.6 Å². The van der Waals surface area contributed by atoms with Gasteiger partial charge in [-0.3, -0.25) is 9.59 Å². The largest absolute Gasteiger partial charge is 0.496 e. The van der Waals surface area contributed by atoms with Crippen LogP contribution in [0, 0.1) is 0 Å². The maximum absolute atomic E-state index is 13.0. The summed E-state index contributed by atoms with van der Waals surface area (Å²) in [5.74, 6) is 0.967. The Balaban J connectivity index is 1.55. The van der Waals surface area contributed by atoms with E-state index in [4.69, 9.17) is 4.74 Å². The highest BCUT2D eigenvalue weighted by atomic mass is 16.5. The van der Waals surface area contributed by atoms with Crippen LogP contribution in [0.4, 0.5) is 0 Å². The average molecular weight is 425 g/mol. The minimum absolute atomic E-state index is 0.0193. The van der Waals surface area contributed by atoms with Crippen LogP contribution in [0.3, 0.4) is 0 Å². The predicted molar refractivity (Wildman–Crippen MR) is 120 cm³/mol. The number of aliphatic hydroxyl groups excluding tert-OH is 1. The number of carbonyl (C=O) groups excluding carboxylic acids is 2. The van der Waals surface area contributed by atoms with Gasteiger partial charge in [-0.15, -0.1) is 0 Å². The van der Waals surface area contributed by atoms with E-state index in [0.29, 0.717) is 32.2 Å². The van der Waals surface area contributed by atoms with Gasteiger partial charge in [0.2, 0.25) is 11.8 Å². The average Bonchev–Trinajstić information content (AvgIpc) is 3.18. The van der Waals surface area contributed by atoms with Gasteiger partial charge in [-0.1, -0.05) is 30.3 Å². The van der Waals surface area contributed by atoms with Crippen LogP contribution in [0.1, 0.15) is 50.5 Å². The van der Waals surface area contributed by atoms with Crippen LogP contribution < -0.4 is 10.1 Å². The van der Waals surface area contributed by atoms with Crippen molar-refractivity contribution in [3.05, 3.63) is 42.0 Å². The molecule has 2 atom stereocenters. The van der Waals surface area contributed by atoms with Gasteiger partial charge in [-0.05, 0) is 55.5 Å². The number of nitrogens with zero attached hydrogens (tertiary/aromatic N) is 1. The van der Waals surface area contributed by atoms with E-state index in [0.717, 1.165) is 47.8 Å². The normalized spacial score (nSPS) is 23.7. The minimum atomic E-state index is -0.422. The van der Waals surface area contributed by atoms with Crippen LogP contribution in [0.15, 0.2) is 36.4 Å². The summed E-state index contributed by atoms with van der Waals surface area (Å²) in [6.45, 7) is 0.734. The van der Waals surface area contributed by atoms with Gasteiger partial charge in [0, 0.05) is 30.3 Å². The first-order valence-electron chi connectivity index (χ1n) is 11.3. The zero-order valence-electron chi connectivity index (χ0n) is 18.2. The molecule has 0 spiro atoms. The zero-order valence-corrected chi connectivity index (χ0v) is 18.2. The third-order valence-corrected chi connectivity index (χ3v) is 6.93. The number of aliphatic hydroxyl groups is 1. The van der Waals surface area contributed by atoms with Gasteiger partial charge in [0.05, 0.1) is 19.8 Å². The second-order valence-electron chi connectivity index (χ2n) is 8.90. The molecule has 2 N–H and O–H groups in total. The summed E-state index contributed by atoms with van der Waals surface area (Å²) in [5, 5.41) is 15.0. The van der Waals surface area contributed by atoms with Crippen molar-refractivity contribution in [2.75, 3.05) is 20.3 Å². The lowest BCUT2D eigenvalue weighted by molar-refractivity contribution is -0.136. The monoisotopic (exact) mass is 424 g/mol. The SMILES string of the molecule is COc1ccc(C[C@]2(CCC(=O)N3CCCC[C@H]3CO)CCC(=O)N2)c2ccccc12. The Labute approximate surface area is 183 Å². The molecular formula is C25H32N2O4.